The molecule has 0 saturated carbocycles. The molecule has 0 aliphatic carbocycles. The molecular weight excluding hydrogens is 941 g/mol. The molecule has 0 fully saturated rings. The van der Waals surface area contributed by atoms with Gasteiger partial charge in [-0.15, -0.1) is 0 Å². The second-order valence-electron chi connectivity index (χ2n) is 20.7. The van der Waals surface area contributed by atoms with Gasteiger partial charge in [-0.3, -0.25) is 0 Å². The van der Waals surface area contributed by atoms with Crippen LogP contribution in [0.5, 0.6) is 0 Å². The Bertz CT molecular complexity index is 5090. The molecule has 0 spiro atoms. The van der Waals surface area contributed by atoms with E-state index in [9.17, 15) is 0 Å². The summed E-state index contributed by atoms with van der Waals surface area (Å²) in [5.74, 6) is 0. The molecule has 362 valence electrons. The largest absolute Gasteiger partial charge is 0.309 e. The van der Waals surface area contributed by atoms with Gasteiger partial charge in [0.1, 0.15) is 0 Å². The van der Waals surface area contributed by atoms with E-state index in [0.717, 1.165) is 28.3 Å². The molecule has 1 heterocycles. The highest BCUT2D eigenvalue weighted by Gasteiger charge is 2.24. The van der Waals surface area contributed by atoms with Crippen LogP contribution in [0.15, 0.2) is 291 Å². The number of aromatic nitrogens is 1. The van der Waals surface area contributed by atoms with Crippen LogP contribution < -0.4 is 4.90 Å². The van der Waals surface area contributed by atoms with E-state index in [1.807, 2.05) is 0 Å². The molecule has 2 nitrogen and oxygen atoms in total. The molecule has 78 heavy (non-hydrogen) atoms. The van der Waals surface area contributed by atoms with Crippen molar-refractivity contribution in [2.24, 2.45) is 0 Å². The van der Waals surface area contributed by atoms with Crippen LogP contribution in [0.25, 0.3) is 136 Å². The minimum absolute atomic E-state index is 1.07. The first kappa shape index (κ1) is 44.1. The highest BCUT2D eigenvalue weighted by Crippen LogP contribution is 2.50. The summed E-state index contributed by atoms with van der Waals surface area (Å²) in [6, 6.07) is 108. The summed E-state index contributed by atoms with van der Waals surface area (Å²) < 4.78 is 2.49. The number of para-hydroxylation sites is 2. The Labute approximate surface area is 451 Å². The lowest BCUT2D eigenvalue weighted by atomic mass is 9.89. The number of benzene rings is 15. The second kappa shape index (κ2) is 17.7. The maximum atomic E-state index is 2.53. The predicted molar refractivity (Wildman–Crippen MR) is 334 cm³/mol. The monoisotopic (exact) mass is 988 g/mol. The molecule has 0 amide bonds. The highest BCUT2D eigenvalue weighted by atomic mass is 15.1. The standard InChI is InChI=1S/C76H48N2/c1-2-21-55-48-56(33-32-49(55)16-1)62-44-46-72(68-42-37-51-18-4-8-25-60(51)74(62)68)77(73-47-45-66(64-29-15-22-50-17-3-7-23-58(50)64)75-61-26-9-5-19-52(61)38-43-69(73)75)57-39-34-54(35-40-57)59-24-11-13-30-70(59)78-71-31-14-12-28-65(71)67-41-36-53-20-6-10-27-63(53)76(67)78/h1-48H. The van der Waals surface area contributed by atoms with E-state index >= 15 is 0 Å². The Morgan fingerprint density at radius 2 is 0.718 bits per heavy atom. The normalized spacial score (nSPS) is 11.8. The smallest absolute Gasteiger partial charge is 0.0619 e. The Morgan fingerprint density at radius 3 is 1.42 bits per heavy atom. The van der Waals surface area contributed by atoms with Crippen LogP contribution in [0.2, 0.25) is 0 Å². The minimum atomic E-state index is 1.07. The predicted octanol–water partition coefficient (Wildman–Crippen LogP) is 21.3. The Morgan fingerprint density at radius 1 is 0.244 bits per heavy atom. The number of rotatable bonds is 7. The third kappa shape index (κ3) is 6.83. The molecule has 0 N–H and O–H groups in total. The van der Waals surface area contributed by atoms with Gasteiger partial charge in [-0.2, -0.15) is 0 Å². The molecule has 2 heteroatoms. The van der Waals surface area contributed by atoms with E-state index in [2.05, 4.69) is 301 Å². The number of nitrogens with zero attached hydrogens (tertiary/aromatic N) is 2. The van der Waals surface area contributed by atoms with Crippen LogP contribution in [0.1, 0.15) is 0 Å². The maximum absolute atomic E-state index is 2.53. The van der Waals surface area contributed by atoms with Gasteiger partial charge >= 0.3 is 0 Å². The van der Waals surface area contributed by atoms with Crippen molar-refractivity contribution in [3.05, 3.63) is 291 Å². The van der Waals surface area contributed by atoms with Crippen molar-refractivity contribution in [2.75, 3.05) is 4.90 Å². The van der Waals surface area contributed by atoms with Crippen LogP contribution in [-0.2, 0) is 0 Å². The Hall–Kier alpha value is -10.3. The van der Waals surface area contributed by atoms with Gasteiger partial charge < -0.3 is 9.47 Å². The topological polar surface area (TPSA) is 8.17 Å². The van der Waals surface area contributed by atoms with Gasteiger partial charge in [0.15, 0.2) is 0 Å². The third-order valence-corrected chi connectivity index (χ3v) is 16.5. The van der Waals surface area contributed by atoms with Crippen LogP contribution in [0.4, 0.5) is 17.1 Å². The fourth-order valence-corrected chi connectivity index (χ4v) is 13.0. The van der Waals surface area contributed by atoms with Crippen molar-refractivity contribution >= 4 is 114 Å². The summed E-state index contributed by atoms with van der Waals surface area (Å²) in [4.78, 5) is 2.53. The van der Waals surface area contributed by atoms with Crippen LogP contribution in [-0.4, -0.2) is 4.57 Å². The quantitative estimate of drug-likeness (QED) is 0.145. The molecule has 16 rings (SSSR count). The molecule has 0 unspecified atom stereocenters. The van der Waals surface area contributed by atoms with Crippen molar-refractivity contribution < 1.29 is 0 Å². The van der Waals surface area contributed by atoms with Crippen molar-refractivity contribution in [1.29, 1.82) is 0 Å². The van der Waals surface area contributed by atoms with Gasteiger partial charge in [-0.05, 0) is 130 Å². The highest BCUT2D eigenvalue weighted by molar-refractivity contribution is 6.24. The number of fused-ring (bicyclic) bond motifs is 13. The van der Waals surface area contributed by atoms with Crippen LogP contribution >= 0.6 is 0 Å². The fraction of sp³-hybridized carbons (Fsp3) is 0. The van der Waals surface area contributed by atoms with E-state index in [1.165, 1.54) is 125 Å². The minimum Gasteiger partial charge on any atom is -0.309 e. The second-order valence-corrected chi connectivity index (χ2v) is 20.7. The summed E-state index contributed by atoms with van der Waals surface area (Å²) in [5.41, 5.74) is 14.0. The summed E-state index contributed by atoms with van der Waals surface area (Å²) in [5, 5.41) is 19.6. The van der Waals surface area contributed by atoms with Crippen molar-refractivity contribution in [2.45, 2.75) is 0 Å². The first-order valence-corrected chi connectivity index (χ1v) is 27.0. The van der Waals surface area contributed by atoms with Crippen molar-refractivity contribution in [1.82, 2.24) is 4.57 Å². The van der Waals surface area contributed by atoms with E-state index in [0.29, 0.717) is 0 Å². The van der Waals surface area contributed by atoms with E-state index in [4.69, 9.17) is 0 Å². The zero-order valence-electron chi connectivity index (χ0n) is 42.6. The molecule has 0 aliphatic rings. The van der Waals surface area contributed by atoms with E-state index < -0.39 is 0 Å². The Balaban J connectivity index is 0.955. The van der Waals surface area contributed by atoms with Gasteiger partial charge in [-0.1, -0.05) is 249 Å². The average Bonchev–Trinajstić information content (AvgIpc) is 3.89. The van der Waals surface area contributed by atoms with Gasteiger partial charge in [0.25, 0.3) is 0 Å². The average molecular weight is 989 g/mol. The molecule has 1 aromatic heterocycles. The molecule has 0 aliphatic heterocycles. The summed E-state index contributed by atoms with van der Waals surface area (Å²) >= 11 is 0. The number of hydrogen-bond donors (Lipinski definition) is 0. The lowest BCUT2D eigenvalue weighted by molar-refractivity contribution is 1.19. The summed E-state index contributed by atoms with van der Waals surface area (Å²) in [6.45, 7) is 0. The molecule has 0 radical (unpaired) electrons. The maximum Gasteiger partial charge on any atom is 0.0619 e. The summed E-state index contributed by atoms with van der Waals surface area (Å²) in [7, 11) is 0. The SMILES string of the molecule is c1ccc(-n2c3ccccc3c3ccc4ccccc4c32)c(-c2ccc(N(c3ccc(-c4ccc5ccccc5c4)c4c3ccc3ccccc34)c3ccc(-c4cccc5ccccc45)c4c3ccc3ccccc34)cc2)c1. The number of anilines is 3. The lowest BCUT2D eigenvalue weighted by Gasteiger charge is -2.30. The Kier molecular flexibility index (Phi) is 9.98. The van der Waals surface area contributed by atoms with E-state index in [1.54, 1.807) is 0 Å². The zero-order chi connectivity index (χ0) is 51.3. The van der Waals surface area contributed by atoms with Crippen molar-refractivity contribution in [3.63, 3.8) is 0 Å². The zero-order valence-corrected chi connectivity index (χ0v) is 42.6. The molecule has 0 atom stereocenters. The van der Waals surface area contributed by atoms with Crippen LogP contribution in [0.3, 0.4) is 0 Å². The third-order valence-electron chi connectivity index (χ3n) is 16.5. The van der Waals surface area contributed by atoms with Crippen molar-refractivity contribution in [3.8, 4) is 39.1 Å². The van der Waals surface area contributed by atoms with Gasteiger partial charge in [-0.25, -0.2) is 0 Å². The fourth-order valence-electron chi connectivity index (χ4n) is 13.0. The van der Waals surface area contributed by atoms with Gasteiger partial charge in [0.05, 0.1) is 28.1 Å². The molecule has 16 aromatic rings. The molecular formula is C76H48N2. The first-order valence-electron chi connectivity index (χ1n) is 27.0. The van der Waals surface area contributed by atoms with Gasteiger partial charge in [0, 0.05) is 38.2 Å². The van der Waals surface area contributed by atoms with Gasteiger partial charge in [0.2, 0.25) is 0 Å². The molecule has 0 saturated heterocycles. The lowest BCUT2D eigenvalue weighted by Crippen LogP contribution is -2.11. The molecule has 0 bridgehead atoms. The van der Waals surface area contributed by atoms with E-state index in [-0.39, 0.29) is 0 Å². The molecule has 15 aromatic carbocycles. The number of hydrogen-bond acceptors (Lipinski definition) is 1. The van der Waals surface area contributed by atoms with Crippen LogP contribution in [0, 0.1) is 0 Å². The first-order chi connectivity index (χ1) is 38.7. The summed E-state index contributed by atoms with van der Waals surface area (Å²) in [6.07, 6.45) is 0.